The van der Waals surface area contributed by atoms with Crippen LogP contribution in [0.25, 0.3) is 5.69 Å². The van der Waals surface area contributed by atoms with Crippen molar-refractivity contribution < 1.29 is 0 Å². The molecule has 0 bridgehead atoms. The molecule has 0 fully saturated rings. The highest BCUT2D eigenvalue weighted by atomic mass is 35.5. The fourth-order valence-electron chi connectivity index (χ4n) is 1.64. The van der Waals surface area contributed by atoms with Crippen molar-refractivity contribution >= 4 is 28.8 Å². The second kappa shape index (κ2) is 4.47. The van der Waals surface area contributed by atoms with Gasteiger partial charge in [-0.25, -0.2) is 4.68 Å². The fraction of sp³-hybridized carbons (Fsp3) is 0.167. The maximum atomic E-state index is 5.98. The van der Waals surface area contributed by atoms with Gasteiger partial charge in [-0.15, -0.1) is 0 Å². The summed E-state index contributed by atoms with van der Waals surface area (Å²) < 4.78 is 1.74. The largest absolute Gasteiger partial charge is 0.389 e. The van der Waals surface area contributed by atoms with Crippen LogP contribution in [0.5, 0.6) is 0 Å². The Morgan fingerprint density at radius 1 is 1.41 bits per heavy atom. The van der Waals surface area contributed by atoms with Crippen LogP contribution in [-0.2, 0) is 0 Å². The minimum atomic E-state index is 0.406. The van der Waals surface area contributed by atoms with Crippen molar-refractivity contribution in [3.63, 3.8) is 0 Å². The second-order valence-electron chi connectivity index (χ2n) is 3.87. The maximum Gasteiger partial charge on any atom is 0.104 e. The number of rotatable bonds is 2. The molecule has 0 aliphatic carbocycles. The van der Waals surface area contributed by atoms with Gasteiger partial charge in [-0.05, 0) is 37.6 Å². The third kappa shape index (κ3) is 2.33. The van der Waals surface area contributed by atoms with E-state index < -0.39 is 0 Å². The lowest BCUT2D eigenvalue weighted by molar-refractivity contribution is 0.861. The Balaban J connectivity index is 2.47. The van der Waals surface area contributed by atoms with Crippen LogP contribution in [-0.4, -0.2) is 14.8 Å². The summed E-state index contributed by atoms with van der Waals surface area (Å²) in [6.45, 7) is 3.84. The Morgan fingerprint density at radius 2 is 2.12 bits per heavy atom. The number of nitrogens with two attached hydrogens (primary N) is 1. The molecule has 2 aromatic rings. The first-order valence-electron chi connectivity index (χ1n) is 5.11. The molecule has 2 N–H and O–H groups in total. The molecule has 1 aromatic carbocycles. The highest BCUT2D eigenvalue weighted by Gasteiger charge is 2.06. The van der Waals surface area contributed by atoms with Crippen LogP contribution in [0.1, 0.15) is 16.8 Å². The normalized spacial score (nSPS) is 10.5. The Labute approximate surface area is 110 Å². The Morgan fingerprint density at radius 3 is 2.59 bits per heavy atom. The quantitative estimate of drug-likeness (QED) is 0.850. The first-order chi connectivity index (χ1) is 7.99. The van der Waals surface area contributed by atoms with E-state index in [0.717, 1.165) is 22.5 Å². The van der Waals surface area contributed by atoms with E-state index in [4.69, 9.17) is 29.6 Å². The molecular weight excluding hydrogens is 254 g/mol. The summed E-state index contributed by atoms with van der Waals surface area (Å²) >= 11 is 10.9. The number of hydrogen-bond acceptors (Lipinski definition) is 2. The molecule has 0 aliphatic heterocycles. The second-order valence-corrected chi connectivity index (χ2v) is 4.72. The molecule has 0 atom stereocenters. The smallest absolute Gasteiger partial charge is 0.104 e. The van der Waals surface area contributed by atoms with Gasteiger partial charge in [-0.2, -0.15) is 5.10 Å². The van der Waals surface area contributed by atoms with Crippen LogP contribution in [0.2, 0.25) is 5.02 Å². The molecular formula is C12H12ClN3S. The minimum absolute atomic E-state index is 0.406. The number of nitrogens with zero attached hydrogens (tertiary/aromatic N) is 2. The minimum Gasteiger partial charge on any atom is -0.389 e. The first-order valence-corrected chi connectivity index (χ1v) is 5.90. The summed E-state index contributed by atoms with van der Waals surface area (Å²) in [7, 11) is 0. The summed E-state index contributed by atoms with van der Waals surface area (Å²) in [5.74, 6) is 0. The number of halogens is 1. The molecule has 1 heterocycles. The molecule has 0 amide bonds. The predicted octanol–water partition coefficient (Wildman–Crippen LogP) is 2.78. The molecule has 0 aliphatic rings. The van der Waals surface area contributed by atoms with Gasteiger partial charge in [0.05, 0.1) is 16.4 Å². The van der Waals surface area contributed by atoms with Crippen molar-refractivity contribution in [2.75, 3.05) is 0 Å². The Hall–Kier alpha value is -1.39. The van der Waals surface area contributed by atoms with Crippen LogP contribution in [0.4, 0.5) is 0 Å². The van der Waals surface area contributed by atoms with Gasteiger partial charge in [0.25, 0.3) is 0 Å². The molecule has 2 rings (SSSR count). The van der Waals surface area contributed by atoms with Crippen LogP contribution < -0.4 is 5.73 Å². The Bertz CT molecular complexity index is 570. The van der Waals surface area contributed by atoms with Crippen molar-refractivity contribution in [3.8, 4) is 5.69 Å². The van der Waals surface area contributed by atoms with E-state index in [1.165, 1.54) is 0 Å². The summed E-state index contributed by atoms with van der Waals surface area (Å²) in [6.07, 6.45) is 1.78. The molecule has 1 aromatic heterocycles. The lowest BCUT2D eigenvalue weighted by Gasteiger charge is -2.07. The van der Waals surface area contributed by atoms with Gasteiger partial charge in [0, 0.05) is 11.8 Å². The van der Waals surface area contributed by atoms with Crippen LogP contribution >= 0.6 is 23.8 Å². The summed E-state index contributed by atoms with van der Waals surface area (Å²) in [6, 6.07) is 5.81. The van der Waals surface area contributed by atoms with Gasteiger partial charge in [0.15, 0.2) is 0 Å². The SMILES string of the molecule is Cc1cc(-n2cc(Cl)c(C)n2)ccc1C(N)=S. The highest BCUT2D eigenvalue weighted by Crippen LogP contribution is 2.18. The average molecular weight is 266 g/mol. The molecule has 17 heavy (non-hydrogen) atoms. The summed E-state index contributed by atoms with van der Waals surface area (Å²) in [4.78, 5) is 0.406. The monoisotopic (exact) mass is 265 g/mol. The van der Waals surface area contributed by atoms with E-state index in [2.05, 4.69) is 5.10 Å². The highest BCUT2D eigenvalue weighted by molar-refractivity contribution is 7.80. The summed E-state index contributed by atoms with van der Waals surface area (Å²) in [5.41, 5.74) is 9.28. The molecule has 0 saturated carbocycles. The fourth-order valence-corrected chi connectivity index (χ4v) is 2.00. The zero-order valence-electron chi connectivity index (χ0n) is 9.57. The third-order valence-corrected chi connectivity index (χ3v) is 3.17. The molecule has 5 heteroatoms. The van der Waals surface area contributed by atoms with Gasteiger partial charge in [0.1, 0.15) is 4.99 Å². The van der Waals surface area contributed by atoms with Crippen LogP contribution in [0.3, 0.4) is 0 Å². The molecule has 0 spiro atoms. The molecule has 0 radical (unpaired) electrons. The Kier molecular flexibility index (Phi) is 3.17. The number of aryl methyl sites for hydroxylation is 2. The van der Waals surface area contributed by atoms with Gasteiger partial charge < -0.3 is 5.73 Å². The van der Waals surface area contributed by atoms with Gasteiger partial charge in [0.2, 0.25) is 0 Å². The summed E-state index contributed by atoms with van der Waals surface area (Å²) in [5, 5.41) is 4.97. The van der Waals surface area contributed by atoms with E-state index in [0.29, 0.717) is 10.0 Å². The number of hydrogen-bond donors (Lipinski definition) is 1. The van der Waals surface area contributed by atoms with Gasteiger partial charge in [-0.1, -0.05) is 23.8 Å². The lowest BCUT2D eigenvalue weighted by atomic mass is 10.1. The molecule has 88 valence electrons. The third-order valence-electron chi connectivity index (χ3n) is 2.58. The predicted molar refractivity (Wildman–Crippen MR) is 73.9 cm³/mol. The van der Waals surface area contributed by atoms with Crippen LogP contribution in [0, 0.1) is 13.8 Å². The van der Waals surface area contributed by atoms with Gasteiger partial charge in [-0.3, -0.25) is 0 Å². The standard InChI is InChI=1S/C12H12ClN3S/c1-7-5-9(3-4-10(7)12(14)17)16-6-11(13)8(2)15-16/h3-6H,1-2H3,(H2,14,17). The molecule has 0 saturated heterocycles. The van der Waals surface area contributed by atoms with Gasteiger partial charge >= 0.3 is 0 Å². The average Bonchev–Trinajstić information content (AvgIpc) is 2.58. The lowest BCUT2D eigenvalue weighted by Crippen LogP contribution is -2.11. The number of aromatic nitrogens is 2. The van der Waals surface area contributed by atoms with Crippen molar-refractivity contribution in [1.29, 1.82) is 0 Å². The molecule has 0 unspecified atom stereocenters. The maximum absolute atomic E-state index is 5.98. The van der Waals surface area contributed by atoms with Crippen molar-refractivity contribution in [1.82, 2.24) is 9.78 Å². The number of thiocarbonyl (C=S) groups is 1. The zero-order valence-corrected chi connectivity index (χ0v) is 11.1. The van der Waals surface area contributed by atoms with E-state index >= 15 is 0 Å². The van der Waals surface area contributed by atoms with E-state index in [1.54, 1.807) is 10.9 Å². The molecule has 3 nitrogen and oxygen atoms in total. The van der Waals surface area contributed by atoms with Crippen molar-refractivity contribution in [2.24, 2.45) is 5.73 Å². The van der Waals surface area contributed by atoms with E-state index in [9.17, 15) is 0 Å². The number of benzene rings is 1. The van der Waals surface area contributed by atoms with E-state index in [-0.39, 0.29) is 0 Å². The first kappa shape index (κ1) is 12.1. The topological polar surface area (TPSA) is 43.8 Å². The van der Waals surface area contributed by atoms with Crippen LogP contribution in [0.15, 0.2) is 24.4 Å². The zero-order chi connectivity index (χ0) is 12.6. The van der Waals surface area contributed by atoms with Crippen molar-refractivity contribution in [2.45, 2.75) is 13.8 Å². The van der Waals surface area contributed by atoms with E-state index in [1.807, 2.05) is 32.0 Å². The van der Waals surface area contributed by atoms with Crippen molar-refractivity contribution in [3.05, 3.63) is 46.2 Å².